The van der Waals surface area contributed by atoms with Crippen LogP contribution in [0, 0.1) is 21.8 Å². The first-order valence-electron chi connectivity index (χ1n) is 15.1. The maximum atomic E-state index is 11.1. The van der Waals surface area contributed by atoms with Crippen molar-refractivity contribution in [1.82, 2.24) is 15.6 Å². The van der Waals surface area contributed by atoms with Gasteiger partial charge in [0.05, 0.1) is 17.6 Å². The van der Waals surface area contributed by atoms with E-state index in [-0.39, 0.29) is 72.0 Å². The number of carbonyl (C=O) groups is 2. The summed E-state index contributed by atoms with van der Waals surface area (Å²) in [6, 6.07) is 8.97. The third-order valence-corrected chi connectivity index (χ3v) is 8.66. The summed E-state index contributed by atoms with van der Waals surface area (Å²) >= 11 is 1.87. The molecule has 6 N–H and O–H groups in total. The molecular formula is C35H57N4O4PtS-3. The second-order valence-electron chi connectivity index (χ2n) is 10.8. The molecule has 1 aliphatic carbocycles. The summed E-state index contributed by atoms with van der Waals surface area (Å²) in [5, 5.41) is 16.0. The molecule has 0 spiro atoms. The number of nitrogens with zero attached hydrogens (tertiary/aromatic N) is 1. The Balaban J connectivity index is -0.000000568. The number of carboxylic acids is 1. The molecule has 0 radical (unpaired) electrons. The molecule has 1 saturated carbocycles. The molecule has 8 nitrogen and oxygen atoms in total. The fraction of sp³-hybridized carbons (Fsp3) is 0.514. The van der Waals surface area contributed by atoms with Crippen molar-refractivity contribution < 1.29 is 41.2 Å². The topological polar surface area (TPSA) is 147 Å². The molecule has 45 heavy (non-hydrogen) atoms. The second-order valence-corrected chi connectivity index (χ2v) is 12.0. The minimum Gasteiger partial charge on any atom is -0.675 e. The van der Waals surface area contributed by atoms with Crippen molar-refractivity contribution in [3.8, 4) is 0 Å². The first-order valence-corrected chi connectivity index (χ1v) is 16.1. The molecule has 3 aliphatic rings. The fourth-order valence-corrected chi connectivity index (χ4v) is 6.57. The van der Waals surface area contributed by atoms with Crippen molar-refractivity contribution >= 4 is 40.7 Å². The number of urea groups is 1. The molecule has 2 aromatic rings. The van der Waals surface area contributed by atoms with Crippen LogP contribution in [0.5, 0.6) is 0 Å². The molecular weight excluding hydrogens is 768 g/mol. The Hall–Kier alpha value is -2.19. The zero-order valence-corrected chi connectivity index (χ0v) is 30.9. The van der Waals surface area contributed by atoms with Crippen LogP contribution in [-0.2, 0) is 25.9 Å². The molecule has 3 heterocycles. The van der Waals surface area contributed by atoms with Gasteiger partial charge >= 0.3 is 12.0 Å². The van der Waals surface area contributed by atoms with E-state index in [2.05, 4.69) is 67.2 Å². The molecule has 2 aliphatic heterocycles. The van der Waals surface area contributed by atoms with Gasteiger partial charge in [0, 0.05) is 50.1 Å². The van der Waals surface area contributed by atoms with Crippen LogP contribution in [0.1, 0.15) is 89.2 Å². The predicted octanol–water partition coefficient (Wildman–Crippen LogP) is 8.40. The average Bonchev–Trinajstić information content (AvgIpc) is 3.51. The van der Waals surface area contributed by atoms with E-state index < -0.39 is 5.97 Å². The summed E-state index contributed by atoms with van der Waals surface area (Å²) in [7, 11) is 0. The van der Waals surface area contributed by atoms with Crippen molar-refractivity contribution in [3.05, 3.63) is 80.9 Å². The van der Waals surface area contributed by atoms with Crippen molar-refractivity contribution in [2.75, 3.05) is 5.75 Å². The Kier molecular flexibility index (Phi) is 28.3. The Labute approximate surface area is 291 Å². The zero-order chi connectivity index (χ0) is 30.0. The molecule has 3 fully saturated rings. The quantitative estimate of drug-likeness (QED) is 0.111. The Morgan fingerprint density at radius 3 is 2.38 bits per heavy atom. The molecule has 260 valence electrons. The van der Waals surface area contributed by atoms with Gasteiger partial charge in [0.2, 0.25) is 0 Å². The van der Waals surface area contributed by atoms with Crippen molar-refractivity contribution in [2.45, 2.75) is 108 Å². The van der Waals surface area contributed by atoms with Gasteiger partial charge in [-0.25, -0.2) is 4.79 Å². The number of allylic oxidation sites excluding steroid dienone is 2. The van der Waals surface area contributed by atoms with Crippen LogP contribution >= 0.6 is 11.8 Å². The summed E-state index contributed by atoms with van der Waals surface area (Å²) in [6.45, 7) is 10.0. The SMILES string of the molecule is C=C/C=C\c1ccc2cccnc2c1C.CCC.O.O=C(O)CCCC[C@@H]1SC[C@@H]2NC(=O)N[C@@H]21.[CH3-].[CH3-].[NH-]C1CCCCC1.[Pt]. The van der Waals surface area contributed by atoms with Crippen LogP contribution in [0.25, 0.3) is 22.7 Å². The normalized spacial score (nSPS) is 19.4. The number of carbonyl (C=O) groups excluding carboxylic acids is 1. The first kappa shape index (κ1) is 47.2. The number of aliphatic carboxylic acids is 1. The minimum atomic E-state index is -0.729. The third-order valence-electron chi connectivity index (χ3n) is 7.15. The van der Waals surface area contributed by atoms with E-state index in [1.165, 1.54) is 42.2 Å². The second kappa shape index (κ2) is 27.0. The molecule has 1 aromatic carbocycles. The predicted molar refractivity (Wildman–Crippen MR) is 191 cm³/mol. The monoisotopic (exact) mass is 824 g/mol. The van der Waals surface area contributed by atoms with Crippen molar-refractivity contribution in [1.29, 1.82) is 0 Å². The maximum absolute atomic E-state index is 11.1. The Morgan fingerprint density at radius 1 is 1.13 bits per heavy atom. The van der Waals surface area contributed by atoms with Gasteiger partial charge < -0.3 is 41.8 Å². The van der Waals surface area contributed by atoms with Gasteiger partial charge in [-0.05, 0) is 37.0 Å². The van der Waals surface area contributed by atoms with Gasteiger partial charge in [0.1, 0.15) is 0 Å². The number of aromatic nitrogens is 1. The maximum Gasteiger partial charge on any atom is 0.315 e. The number of benzene rings is 1. The summed E-state index contributed by atoms with van der Waals surface area (Å²) in [5.41, 5.74) is 10.8. The van der Waals surface area contributed by atoms with Gasteiger partial charge in [0.25, 0.3) is 0 Å². The third kappa shape index (κ3) is 17.3. The molecule has 2 amide bonds. The number of carboxylic acid groups (broad SMARTS) is 1. The fourth-order valence-electron chi connectivity index (χ4n) is 5.03. The van der Waals surface area contributed by atoms with E-state index in [9.17, 15) is 9.59 Å². The van der Waals surface area contributed by atoms with E-state index in [0.717, 1.165) is 43.4 Å². The van der Waals surface area contributed by atoms with Crippen LogP contribution in [0.3, 0.4) is 0 Å². The molecule has 10 heteroatoms. The molecule has 3 atom stereocenters. The number of amides is 2. The van der Waals surface area contributed by atoms with E-state index in [1.807, 2.05) is 30.1 Å². The number of unbranched alkanes of at least 4 members (excludes halogenated alkanes) is 1. The van der Waals surface area contributed by atoms with Gasteiger partial charge in [0.15, 0.2) is 0 Å². The number of hydrogen-bond acceptors (Lipinski definition) is 4. The van der Waals surface area contributed by atoms with Crippen molar-refractivity contribution in [3.63, 3.8) is 0 Å². The van der Waals surface area contributed by atoms with E-state index in [1.54, 1.807) is 6.08 Å². The number of pyridine rings is 1. The molecule has 1 aromatic heterocycles. The number of thioether (sulfide) groups is 1. The largest absolute Gasteiger partial charge is 0.675 e. The van der Waals surface area contributed by atoms with Crippen LogP contribution in [0.4, 0.5) is 4.79 Å². The Morgan fingerprint density at radius 2 is 1.80 bits per heavy atom. The number of rotatable bonds is 7. The number of hydrogen-bond donors (Lipinski definition) is 3. The number of aryl methyl sites for hydroxylation is 1. The summed E-state index contributed by atoms with van der Waals surface area (Å²) in [6.07, 6.45) is 18.0. The smallest absolute Gasteiger partial charge is 0.315 e. The van der Waals surface area contributed by atoms with Gasteiger partial charge in [-0.2, -0.15) is 11.8 Å². The Bertz CT molecular complexity index is 1130. The van der Waals surface area contributed by atoms with Gasteiger partial charge in [-0.15, -0.1) is 6.04 Å². The van der Waals surface area contributed by atoms with Gasteiger partial charge in [-0.1, -0.05) is 102 Å². The van der Waals surface area contributed by atoms with Crippen molar-refractivity contribution in [2.24, 2.45) is 0 Å². The van der Waals surface area contributed by atoms with Crippen LogP contribution in [0.15, 0.2) is 49.2 Å². The van der Waals surface area contributed by atoms with E-state index >= 15 is 0 Å². The molecule has 2 saturated heterocycles. The molecule has 0 bridgehead atoms. The summed E-state index contributed by atoms with van der Waals surface area (Å²) in [5.74, 6) is 0.236. The molecule has 5 rings (SSSR count). The van der Waals surface area contributed by atoms with E-state index in [0.29, 0.717) is 5.25 Å². The first-order chi connectivity index (χ1) is 19.8. The van der Waals surface area contributed by atoms with Gasteiger partial charge in [-0.3, -0.25) is 9.78 Å². The number of nitrogens with one attached hydrogen (secondary N) is 3. The van der Waals surface area contributed by atoms with E-state index in [4.69, 9.17) is 10.8 Å². The summed E-state index contributed by atoms with van der Waals surface area (Å²) in [4.78, 5) is 25.9. The van der Waals surface area contributed by atoms with Crippen LogP contribution in [0.2, 0.25) is 0 Å². The summed E-state index contributed by atoms with van der Waals surface area (Å²) < 4.78 is 0. The minimum absolute atomic E-state index is 0. The van der Waals surface area contributed by atoms with Crippen LogP contribution in [-0.4, -0.2) is 56.7 Å². The number of fused-ring (bicyclic) bond motifs is 2. The van der Waals surface area contributed by atoms with Crippen LogP contribution < -0.4 is 10.6 Å². The standard InChI is InChI=1S/C14H13N.C10H16N2O3S.C6H12N.C3H8.2CH3.H2O.Pt/c1-3-4-6-12-8-9-13-7-5-10-15-14(13)11(12)2;13-8(14)4-2-1-3-7-9-6(5-16-7)11-10(15)12-9;7-6-4-2-1-3-5-6;1-3-2;;;;/h3-10H,1H2,2H3;6-7,9H,1-5H2,(H,13,14)(H2,11,12,15);6-7H,1-5H2;3H2,1-2H3;2*1H3;1H2;/q;;-1;;2*-1;;/b6-4-;;;;;;;/t;6-,7-,9-;;;;;;/m.0....../s1. The molecule has 0 unspecified atom stereocenters. The zero-order valence-electron chi connectivity index (χ0n) is 27.8. The average molecular weight is 825 g/mol.